The average molecular weight is 417 g/mol. The lowest BCUT2D eigenvalue weighted by molar-refractivity contribution is -0.140. The summed E-state index contributed by atoms with van der Waals surface area (Å²) in [6, 6.07) is 7.80. The van der Waals surface area contributed by atoms with Crippen molar-refractivity contribution in [2.75, 3.05) is 19.9 Å². The Kier molecular flexibility index (Phi) is 6.79. The number of fused-ring (bicyclic) bond motifs is 1. The van der Waals surface area contributed by atoms with Gasteiger partial charge >= 0.3 is 0 Å². The van der Waals surface area contributed by atoms with Crippen LogP contribution >= 0.6 is 11.3 Å². The van der Waals surface area contributed by atoms with E-state index in [0.29, 0.717) is 31.3 Å². The largest absolute Gasteiger partial charge is 0.454 e. The molecule has 1 aromatic carbocycles. The van der Waals surface area contributed by atoms with Gasteiger partial charge in [-0.25, -0.2) is 0 Å². The predicted molar refractivity (Wildman–Crippen MR) is 113 cm³/mol. The minimum absolute atomic E-state index is 0.0636. The summed E-state index contributed by atoms with van der Waals surface area (Å²) in [6.45, 7) is 9.49. The van der Waals surface area contributed by atoms with Crippen molar-refractivity contribution >= 4 is 23.2 Å². The molecule has 3 rings (SSSR count). The lowest BCUT2D eigenvalue weighted by Crippen LogP contribution is -2.43. The van der Waals surface area contributed by atoms with E-state index in [1.165, 1.54) is 12.5 Å². The number of rotatable bonds is 8. The maximum Gasteiger partial charge on any atom is 0.242 e. The molecule has 2 aromatic rings. The number of hydrogen-bond donors (Lipinski definition) is 0. The molecule has 1 aromatic heterocycles. The second-order valence-corrected chi connectivity index (χ2v) is 8.76. The molecule has 2 heterocycles. The van der Waals surface area contributed by atoms with E-state index in [0.717, 1.165) is 16.2 Å². The number of benzene rings is 1. The summed E-state index contributed by atoms with van der Waals surface area (Å²) in [4.78, 5) is 29.8. The number of carbonyl (C=O) groups excluding carboxylic acids is 2. The van der Waals surface area contributed by atoms with Gasteiger partial charge in [-0.05, 0) is 47.5 Å². The van der Waals surface area contributed by atoms with Crippen LogP contribution in [0.25, 0.3) is 0 Å². The van der Waals surface area contributed by atoms with Crippen LogP contribution in [0, 0.1) is 12.8 Å². The van der Waals surface area contributed by atoms with E-state index in [4.69, 9.17) is 9.47 Å². The SMILES string of the molecule is CC(=O)N(CC(=O)N(Cc1ccc2c(c1)OCO2)Cc1sccc1C)CC(C)C. The molecule has 0 unspecified atom stereocenters. The van der Waals surface area contributed by atoms with Crippen LogP contribution in [0.15, 0.2) is 29.6 Å². The summed E-state index contributed by atoms with van der Waals surface area (Å²) < 4.78 is 10.8. The van der Waals surface area contributed by atoms with Crippen molar-refractivity contribution in [3.05, 3.63) is 45.6 Å². The fourth-order valence-corrected chi connectivity index (χ4v) is 4.16. The maximum atomic E-state index is 13.2. The van der Waals surface area contributed by atoms with Gasteiger partial charge in [-0.2, -0.15) is 0 Å². The number of nitrogens with zero attached hydrogens (tertiary/aromatic N) is 2. The fraction of sp³-hybridized carbons (Fsp3) is 0.455. The van der Waals surface area contributed by atoms with E-state index in [2.05, 4.69) is 13.0 Å². The lowest BCUT2D eigenvalue weighted by Gasteiger charge is -2.28. The number of amides is 2. The minimum Gasteiger partial charge on any atom is -0.454 e. The van der Waals surface area contributed by atoms with Crippen molar-refractivity contribution in [2.24, 2.45) is 5.92 Å². The van der Waals surface area contributed by atoms with Crippen molar-refractivity contribution in [3.63, 3.8) is 0 Å². The number of thiophene rings is 1. The highest BCUT2D eigenvalue weighted by atomic mass is 32.1. The second-order valence-electron chi connectivity index (χ2n) is 7.76. The van der Waals surface area contributed by atoms with Gasteiger partial charge in [0, 0.05) is 24.9 Å². The Hall–Kier alpha value is -2.54. The van der Waals surface area contributed by atoms with Crippen LogP contribution < -0.4 is 9.47 Å². The van der Waals surface area contributed by atoms with Gasteiger partial charge in [-0.1, -0.05) is 19.9 Å². The molecule has 2 amide bonds. The first-order valence-corrected chi connectivity index (χ1v) is 10.7. The highest BCUT2D eigenvalue weighted by Crippen LogP contribution is 2.33. The molecule has 1 aliphatic heterocycles. The first-order chi connectivity index (χ1) is 13.8. The molecule has 7 heteroatoms. The van der Waals surface area contributed by atoms with Gasteiger partial charge in [0.1, 0.15) is 0 Å². The third kappa shape index (κ3) is 5.50. The number of aryl methyl sites for hydroxylation is 1. The van der Waals surface area contributed by atoms with Gasteiger partial charge in [0.2, 0.25) is 18.6 Å². The van der Waals surface area contributed by atoms with Crippen LogP contribution in [0.2, 0.25) is 0 Å². The Morgan fingerprint density at radius 2 is 1.86 bits per heavy atom. The van der Waals surface area contributed by atoms with Crippen molar-refractivity contribution in [1.29, 1.82) is 0 Å². The molecule has 0 bridgehead atoms. The molecule has 0 aliphatic carbocycles. The van der Waals surface area contributed by atoms with E-state index in [1.807, 2.05) is 42.3 Å². The molecular formula is C22H28N2O4S. The summed E-state index contributed by atoms with van der Waals surface area (Å²) in [7, 11) is 0. The summed E-state index contributed by atoms with van der Waals surface area (Å²) in [5, 5.41) is 2.04. The molecule has 0 atom stereocenters. The zero-order valence-electron chi connectivity index (χ0n) is 17.4. The molecule has 29 heavy (non-hydrogen) atoms. The predicted octanol–water partition coefficient (Wildman–Crippen LogP) is 3.82. The van der Waals surface area contributed by atoms with E-state index in [1.54, 1.807) is 16.2 Å². The quantitative estimate of drug-likeness (QED) is 0.656. The molecule has 0 saturated carbocycles. The maximum absolute atomic E-state index is 13.2. The van der Waals surface area contributed by atoms with Gasteiger partial charge in [-0.3, -0.25) is 9.59 Å². The van der Waals surface area contributed by atoms with Gasteiger partial charge < -0.3 is 19.3 Å². The second kappa shape index (κ2) is 9.31. The standard InChI is InChI=1S/C22H28N2O4S/c1-15(2)10-23(17(4)25)13-22(26)24(12-21-16(3)7-8-29-21)11-18-5-6-19-20(9-18)28-14-27-19/h5-9,15H,10-14H2,1-4H3. The van der Waals surface area contributed by atoms with Crippen molar-refractivity contribution in [1.82, 2.24) is 9.80 Å². The van der Waals surface area contributed by atoms with Crippen molar-refractivity contribution in [3.8, 4) is 11.5 Å². The minimum atomic E-state index is -0.0811. The molecular weight excluding hydrogens is 388 g/mol. The first kappa shape index (κ1) is 21.2. The summed E-state index contributed by atoms with van der Waals surface area (Å²) in [5.41, 5.74) is 2.14. The first-order valence-electron chi connectivity index (χ1n) is 9.78. The van der Waals surface area contributed by atoms with Gasteiger partial charge in [-0.15, -0.1) is 11.3 Å². The fourth-order valence-electron chi connectivity index (χ4n) is 3.24. The number of ether oxygens (including phenoxy) is 2. The third-order valence-corrected chi connectivity index (χ3v) is 5.83. The van der Waals surface area contributed by atoms with E-state index in [9.17, 15) is 9.59 Å². The van der Waals surface area contributed by atoms with Crippen molar-refractivity contribution < 1.29 is 19.1 Å². The topological polar surface area (TPSA) is 59.1 Å². The Labute approximate surface area is 176 Å². The highest BCUT2D eigenvalue weighted by Gasteiger charge is 2.22. The van der Waals surface area contributed by atoms with Crippen LogP contribution in [0.3, 0.4) is 0 Å². The van der Waals surface area contributed by atoms with E-state index in [-0.39, 0.29) is 25.2 Å². The zero-order valence-corrected chi connectivity index (χ0v) is 18.3. The Morgan fingerprint density at radius 1 is 1.10 bits per heavy atom. The molecule has 6 nitrogen and oxygen atoms in total. The normalized spacial score (nSPS) is 12.3. The van der Waals surface area contributed by atoms with Gasteiger partial charge in [0.25, 0.3) is 0 Å². The van der Waals surface area contributed by atoms with Crippen LogP contribution in [0.1, 0.15) is 36.8 Å². The molecule has 1 aliphatic rings. The van der Waals surface area contributed by atoms with E-state index >= 15 is 0 Å². The van der Waals surface area contributed by atoms with E-state index < -0.39 is 0 Å². The molecule has 0 N–H and O–H groups in total. The molecule has 156 valence electrons. The Bertz CT molecular complexity index is 877. The summed E-state index contributed by atoms with van der Waals surface area (Å²) in [6.07, 6.45) is 0. The Morgan fingerprint density at radius 3 is 2.52 bits per heavy atom. The van der Waals surface area contributed by atoms with Crippen molar-refractivity contribution in [2.45, 2.75) is 40.8 Å². The monoisotopic (exact) mass is 416 g/mol. The number of hydrogen-bond acceptors (Lipinski definition) is 5. The Balaban J connectivity index is 1.79. The van der Waals surface area contributed by atoms with Crippen LogP contribution in [0.5, 0.6) is 11.5 Å². The van der Waals surface area contributed by atoms with Gasteiger partial charge in [0.05, 0.1) is 13.1 Å². The summed E-state index contributed by atoms with van der Waals surface area (Å²) in [5.74, 6) is 1.58. The van der Waals surface area contributed by atoms with Crippen LogP contribution in [-0.4, -0.2) is 41.5 Å². The van der Waals surface area contributed by atoms with Gasteiger partial charge in [0.15, 0.2) is 11.5 Å². The highest BCUT2D eigenvalue weighted by molar-refractivity contribution is 7.10. The van der Waals surface area contributed by atoms with Crippen LogP contribution in [-0.2, 0) is 22.7 Å². The molecule has 0 fully saturated rings. The summed E-state index contributed by atoms with van der Waals surface area (Å²) >= 11 is 1.64. The molecule has 0 radical (unpaired) electrons. The molecule has 0 spiro atoms. The smallest absolute Gasteiger partial charge is 0.242 e. The third-order valence-electron chi connectivity index (χ3n) is 4.82. The zero-order chi connectivity index (χ0) is 21.0. The number of carbonyl (C=O) groups is 2. The lowest BCUT2D eigenvalue weighted by atomic mass is 10.1. The average Bonchev–Trinajstić information content (AvgIpc) is 3.28. The molecule has 0 saturated heterocycles. The van der Waals surface area contributed by atoms with Crippen LogP contribution in [0.4, 0.5) is 0 Å².